The van der Waals surface area contributed by atoms with Gasteiger partial charge in [-0.05, 0) is 85.4 Å². The number of hydrogen-bond donors (Lipinski definition) is 3. The third kappa shape index (κ3) is 5.25. The minimum atomic E-state index is -0.361. The molecule has 42 heavy (non-hydrogen) atoms. The quantitative estimate of drug-likeness (QED) is 0.353. The van der Waals surface area contributed by atoms with Crippen LogP contribution in [0.3, 0.4) is 0 Å². The van der Waals surface area contributed by atoms with Gasteiger partial charge in [0.15, 0.2) is 5.79 Å². The van der Waals surface area contributed by atoms with E-state index < -0.39 is 0 Å². The molecule has 6 rings (SSSR count). The summed E-state index contributed by atoms with van der Waals surface area (Å²) in [5.41, 5.74) is 2.04. The summed E-state index contributed by atoms with van der Waals surface area (Å²) >= 11 is 0. The molecule has 8 nitrogen and oxygen atoms in total. The van der Waals surface area contributed by atoms with Gasteiger partial charge in [0.2, 0.25) is 0 Å². The highest BCUT2D eigenvalue weighted by Crippen LogP contribution is 2.70. The maximum atomic E-state index is 12.6. The number of aliphatic hydroxyl groups excluding tert-OH is 2. The number of amides is 1. The summed E-state index contributed by atoms with van der Waals surface area (Å²) in [6.07, 6.45) is 12.4. The summed E-state index contributed by atoms with van der Waals surface area (Å²) < 4.78 is 19.3. The Balaban J connectivity index is 1.07. The van der Waals surface area contributed by atoms with Crippen molar-refractivity contribution >= 4 is 6.09 Å². The van der Waals surface area contributed by atoms with E-state index in [0.29, 0.717) is 73.2 Å². The number of carbonyl (C=O) groups is 1. The minimum absolute atomic E-state index is 0.0331. The highest BCUT2D eigenvalue weighted by Gasteiger charge is 2.68. The van der Waals surface area contributed by atoms with E-state index >= 15 is 0 Å². The predicted molar refractivity (Wildman–Crippen MR) is 161 cm³/mol. The first-order valence-electron chi connectivity index (χ1n) is 17.0. The zero-order chi connectivity index (χ0) is 29.7. The van der Waals surface area contributed by atoms with Crippen molar-refractivity contribution in [2.75, 3.05) is 46.0 Å². The summed E-state index contributed by atoms with van der Waals surface area (Å²) in [4.78, 5) is 14.5. The van der Waals surface area contributed by atoms with Gasteiger partial charge in [0.25, 0.3) is 0 Å². The summed E-state index contributed by atoms with van der Waals surface area (Å²) in [5, 5.41) is 21.2. The molecule has 2 aliphatic heterocycles. The fourth-order valence-corrected chi connectivity index (χ4v) is 10.9. The van der Waals surface area contributed by atoms with E-state index in [0.717, 1.165) is 38.7 Å². The maximum absolute atomic E-state index is 12.6. The molecule has 0 bridgehead atoms. The lowest BCUT2D eigenvalue weighted by molar-refractivity contribution is -0.272. The Morgan fingerprint density at radius 2 is 1.86 bits per heavy atom. The number of fused-ring (bicyclic) bond motifs is 7. The molecule has 0 radical (unpaired) electrons. The number of aliphatic hydroxyl groups is 2. The number of allylic oxidation sites excluding steroid dienone is 1. The summed E-state index contributed by atoms with van der Waals surface area (Å²) in [7, 11) is 0. The second-order valence-electron chi connectivity index (χ2n) is 15.3. The van der Waals surface area contributed by atoms with E-state index in [1.165, 1.54) is 31.3 Å². The molecule has 6 aliphatic rings. The third-order valence-electron chi connectivity index (χ3n) is 13.1. The topological polar surface area (TPSA) is 100 Å². The molecule has 0 aromatic rings. The number of carbonyl (C=O) groups excluding carboxylic acids is 1. The fraction of sp³-hybridized carbons (Fsp3) is 0.912. The monoisotopic (exact) mass is 588 g/mol. The first-order valence-corrected chi connectivity index (χ1v) is 17.0. The second kappa shape index (κ2) is 12.0. The van der Waals surface area contributed by atoms with E-state index in [9.17, 15) is 15.0 Å². The number of ether oxygens (including phenoxy) is 3. The molecule has 238 valence electrons. The van der Waals surface area contributed by atoms with Crippen LogP contribution in [0.15, 0.2) is 11.6 Å². The van der Waals surface area contributed by atoms with E-state index in [4.69, 9.17) is 14.2 Å². The van der Waals surface area contributed by atoms with Gasteiger partial charge < -0.3 is 29.7 Å². The SMILES string of the molecule is C[C@H]1CC[C@]2(OC1)O[C@H]1C[C@H]3[C@@H]4CC=C5C[C@@H](OC(=O)NCCN(CCO)CCO)CC[C@]5(C)[C@H]4CC[C@]3(C)[C@H]1[C@@H]2C. The van der Waals surface area contributed by atoms with Crippen LogP contribution in [0.4, 0.5) is 4.79 Å². The predicted octanol–water partition coefficient (Wildman–Crippen LogP) is 4.73. The van der Waals surface area contributed by atoms with Gasteiger partial charge in [-0.2, -0.15) is 0 Å². The molecule has 3 N–H and O–H groups in total. The van der Waals surface area contributed by atoms with Crippen molar-refractivity contribution in [1.82, 2.24) is 10.2 Å². The summed E-state index contributed by atoms with van der Waals surface area (Å²) in [6.45, 7) is 12.7. The van der Waals surface area contributed by atoms with Gasteiger partial charge in [0, 0.05) is 44.9 Å². The van der Waals surface area contributed by atoms with Crippen molar-refractivity contribution in [2.45, 2.75) is 103 Å². The zero-order valence-corrected chi connectivity index (χ0v) is 26.5. The third-order valence-corrected chi connectivity index (χ3v) is 13.1. The Morgan fingerprint density at radius 1 is 1.07 bits per heavy atom. The number of alkyl carbamates (subject to hydrolysis) is 1. The van der Waals surface area contributed by atoms with E-state index in [1.807, 2.05) is 4.90 Å². The van der Waals surface area contributed by atoms with Gasteiger partial charge in [0.05, 0.1) is 25.9 Å². The molecular weight excluding hydrogens is 532 g/mol. The van der Waals surface area contributed by atoms with Gasteiger partial charge in [-0.1, -0.05) is 39.3 Å². The summed E-state index contributed by atoms with van der Waals surface area (Å²) in [6, 6.07) is 0. The summed E-state index contributed by atoms with van der Waals surface area (Å²) in [5.74, 6) is 3.46. The van der Waals surface area contributed by atoms with Crippen molar-refractivity contribution in [3.8, 4) is 0 Å². The molecule has 5 fully saturated rings. The standard InChI is InChI=1S/C34H56N2O6/c1-22-7-12-34(40-21-22)23(2)30-29(42-34)20-28-26-6-5-24-19-25(8-10-32(24,3)27(26)9-11-33(28,30)4)41-31(39)35-13-14-36(15-17-37)16-18-38/h5,22-23,25-30,37-38H,6-21H2,1-4H3,(H,35,39)/t22-,23-,25-,26+,27-,28-,29-,30-,32-,33-,34-/m0/s1. The molecule has 8 heteroatoms. The molecule has 4 aliphatic carbocycles. The largest absolute Gasteiger partial charge is 0.446 e. The lowest BCUT2D eigenvalue weighted by Gasteiger charge is -2.58. The van der Waals surface area contributed by atoms with Crippen LogP contribution in [0, 0.1) is 46.3 Å². The van der Waals surface area contributed by atoms with Crippen LogP contribution >= 0.6 is 0 Å². The normalized spacial score (nSPS) is 46.0. The maximum Gasteiger partial charge on any atom is 0.407 e. The van der Waals surface area contributed by atoms with Crippen LogP contribution in [0.5, 0.6) is 0 Å². The van der Waals surface area contributed by atoms with Gasteiger partial charge in [-0.25, -0.2) is 4.79 Å². The second-order valence-corrected chi connectivity index (χ2v) is 15.3. The highest BCUT2D eigenvalue weighted by atomic mass is 16.7. The Bertz CT molecular complexity index is 1010. The fourth-order valence-electron chi connectivity index (χ4n) is 10.9. The van der Waals surface area contributed by atoms with Crippen molar-refractivity contribution in [2.24, 2.45) is 46.3 Å². The van der Waals surface area contributed by atoms with E-state index in [2.05, 4.69) is 39.1 Å². The first-order chi connectivity index (χ1) is 20.1. The van der Waals surface area contributed by atoms with Crippen LogP contribution < -0.4 is 5.32 Å². The molecule has 0 aromatic carbocycles. The highest BCUT2D eigenvalue weighted by molar-refractivity contribution is 5.67. The average molecular weight is 589 g/mol. The van der Waals surface area contributed by atoms with Crippen LogP contribution in [0.2, 0.25) is 0 Å². The van der Waals surface area contributed by atoms with Crippen molar-refractivity contribution in [1.29, 1.82) is 0 Å². The van der Waals surface area contributed by atoms with Gasteiger partial charge >= 0.3 is 6.09 Å². The Labute approximate surface area is 252 Å². The molecule has 2 heterocycles. The van der Waals surface area contributed by atoms with Crippen LogP contribution in [0.25, 0.3) is 0 Å². The molecule has 0 aromatic heterocycles. The van der Waals surface area contributed by atoms with Crippen LogP contribution in [0.1, 0.15) is 85.5 Å². The zero-order valence-electron chi connectivity index (χ0n) is 26.5. The van der Waals surface area contributed by atoms with Crippen molar-refractivity contribution in [3.05, 3.63) is 11.6 Å². The average Bonchev–Trinajstić information content (AvgIpc) is 3.40. The van der Waals surface area contributed by atoms with Crippen LogP contribution in [-0.4, -0.2) is 85.2 Å². The lowest BCUT2D eigenvalue weighted by Crippen LogP contribution is -2.52. The molecule has 1 spiro atoms. The van der Waals surface area contributed by atoms with E-state index in [-0.39, 0.29) is 36.6 Å². The number of rotatable bonds is 8. The molecular formula is C34H56N2O6. The van der Waals surface area contributed by atoms with Crippen LogP contribution in [-0.2, 0) is 14.2 Å². The molecule has 11 atom stereocenters. The Kier molecular flexibility index (Phi) is 8.78. The molecule has 2 saturated heterocycles. The minimum Gasteiger partial charge on any atom is -0.446 e. The van der Waals surface area contributed by atoms with Crippen molar-refractivity contribution < 1.29 is 29.2 Å². The van der Waals surface area contributed by atoms with Gasteiger partial charge in [-0.3, -0.25) is 4.90 Å². The first kappa shape index (κ1) is 30.8. The molecule has 3 saturated carbocycles. The van der Waals surface area contributed by atoms with Gasteiger partial charge in [-0.15, -0.1) is 0 Å². The number of nitrogens with one attached hydrogen (secondary N) is 1. The Morgan fingerprint density at radius 3 is 2.57 bits per heavy atom. The van der Waals surface area contributed by atoms with Crippen molar-refractivity contribution in [3.63, 3.8) is 0 Å². The molecule has 0 unspecified atom stereocenters. The number of nitrogens with zero attached hydrogens (tertiary/aromatic N) is 1. The Hall–Kier alpha value is -1.19. The smallest absolute Gasteiger partial charge is 0.407 e. The lowest BCUT2D eigenvalue weighted by atomic mass is 9.47. The molecule has 1 amide bonds. The number of hydrogen-bond acceptors (Lipinski definition) is 7. The van der Waals surface area contributed by atoms with Gasteiger partial charge in [0.1, 0.15) is 6.10 Å². The van der Waals surface area contributed by atoms with E-state index in [1.54, 1.807) is 0 Å².